The van der Waals surface area contributed by atoms with Gasteiger partial charge in [0.05, 0.1) is 18.4 Å². The van der Waals surface area contributed by atoms with E-state index in [-0.39, 0.29) is 17.3 Å². The van der Waals surface area contributed by atoms with Crippen LogP contribution >= 0.6 is 0 Å². The lowest BCUT2D eigenvalue weighted by molar-refractivity contribution is -0.117. The summed E-state index contributed by atoms with van der Waals surface area (Å²) >= 11 is 0. The van der Waals surface area contributed by atoms with Crippen LogP contribution in [0.5, 0.6) is 5.88 Å². The van der Waals surface area contributed by atoms with Crippen molar-refractivity contribution in [1.29, 1.82) is 5.26 Å². The number of aromatic nitrogens is 3. The summed E-state index contributed by atoms with van der Waals surface area (Å²) in [5, 5.41) is 9.34. The first-order valence-corrected chi connectivity index (χ1v) is 8.58. The van der Waals surface area contributed by atoms with E-state index in [9.17, 15) is 10.1 Å². The SMILES string of the molecule is COc1nc(-c2cccnc2)nc2c1CCC1CC(=O)C(C#N)=CC21C. The molecule has 0 spiro atoms. The smallest absolute Gasteiger partial charge is 0.220 e. The van der Waals surface area contributed by atoms with Crippen molar-refractivity contribution in [2.24, 2.45) is 5.92 Å². The first kappa shape index (κ1) is 16.4. The van der Waals surface area contributed by atoms with Crippen molar-refractivity contribution >= 4 is 5.78 Å². The molecule has 130 valence electrons. The van der Waals surface area contributed by atoms with Crippen LogP contribution in [0.3, 0.4) is 0 Å². The maximum atomic E-state index is 12.2. The van der Waals surface area contributed by atoms with Crippen molar-refractivity contribution in [3.8, 4) is 23.3 Å². The molecule has 2 unspecified atom stereocenters. The number of fused-ring (bicyclic) bond motifs is 3. The standard InChI is InChI=1S/C20H18N4O2/c1-20-9-13(10-21)16(25)8-14(20)5-6-15-17(20)23-18(24-19(15)26-2)12-4-3-7-22-11-12/h3-4,7,9,11,14H,5-6,8H2,1-2H3. The molecule has 2 aromatic rings. The Bertz CT molecular complexity index is 962. The molecule has 2 heterocycles. The van der Waals surface area contributed by atoms with Gasteiger partial charge in [-0.1, -0.05) is 13.0 Å². The average Bonchev–Trinajstić information content (AvgIpc) is 2.68. The van der Waals surface area contributed by atoms with Crippen LogP contribution in [0.15, 0.2) is 36.2 Å². The minimum atomic E-state index is -0.486. The summed E-state index contributed by atoms with van der Waals surface area (Å²) in [5.74, 6) is 1.14. The molecule has 0 fully saturated rings. The van der Waals surface area contributed by atoms with Gasteiger partial charge in [-0.25, -0.2) is 4.98 Å². The Hall–Kier alpha value is -3.07. The van der Waals surface area contributed by atoms with Gasteiger partial charge >= 0.3 is 0 Å². The quantitative estimate of drug-likeness (QED) is 0.831. The first-order chi connectivity index (χ1) is 12.6. The summed E-state index contributed by atoms with van der Waals surface area (Å²) < 4.78 is 5.55. The lowest BCUT2D eigenvalue weighted by Crippen LogP contribution is -2.41. The maximum Gasteiger partial charge on any atom is 0.220 e. The number of hydrogen-bond acceptors (Lipinski definition) is 6. The van der Waals surface area contributed by atoms with Gasteiger partial charge in [-0.05, 0) is 30.9 Å². The Morgan fingerprint density at radius 2 is 2.23 bits per heavy atom. The van der Waals surface area contributed by atoms with E-state index < -0.39 is 5.41 Å². The second-order valence-electron chi connectivity index (χ2n) is 6.94. The van der Waals surface area contributed by atoms with Crippen LogP contribution in [0.2, 0.25) is 0 Å². The molecule has 26 heavy (non-hydrogen) atoms. The van der Waals surface area contributed by atoms with Crippen molar-refractivity contribution in [3.63, 3.8) is 0 Å². The van der Waals surface area contributed by atoms with Crippen LogP contribution in [0.25, 0.3) is 11.4 Å². The highest BCUT2D eigenvalue weighted by Gasteiger charge is 2.46. The fourth-order valence-electron chi connectivity index (χ4n) is 4.05. The molecule has 6 nitrogen and oxygen atoms in total. The number of carbonyl (C=O) groups is 1. The summed E-state index contributed by atoms with van der Waals surface area (Å²) in [6, 6.07) is 5.78. The molecule has 0 aliphatic heterocycles. The van der Waals surface area contributed by atoms with Crippen molar-refractivity contribution < 1.29 is 9.53 Å². The van der Waals surface area contributed by atoms with Gasteiger partial charge in [-0.2, -0.15) is 10.2 Å². The normalized spacial score (nSPS) is 24.1. The first-order valence-electron chi connectivity index (χ1n) is 8.58. The van der Waals surface area contributed by atoms with Gasteiger partial charge in [0.15, 0.2) is 11.6 Å². The molecule has 0 radical (unpaired) electrons. The van der Waals surface area contributed by atoms with Crippen LogP contribution in [0.4, 0.5) is 0 Å². The Morgan fingerprint density at radius 1 is 1.38 bits per heavy atom. The number of carbonyl (C=O) groups excluding carboxylic acids is 1. The predicted molar refractivity (Wildman–Crippen MR) is 94.3 cm³/mol. The zero-order chi connectivity index (χ0) is 18.3. The Balaban J connectivity index is 1.96. The minimum Gasteiger partial charge on any atom is -0.481 e. The summed E-state index contributed by atoms with van der Waals surface area (Å²) in [4.78, 5) is 25.7. The van der Waals surface area contributed by atoms with Gasteiger partial charge < -0.3 is 4.74 Å². The number of nitriles is 1. The predicted octanol–water partition coefficient (Wildman–Crippen LogP) is 2.79. The van der Waals surface area contributed by atoms with Crippen LogP contribution in [0.1, 0.15) is 31.0 Å². The number of ether oxygens (including phenoxy) is 1. The maximum absolute atomic E-state index is 12.2. The van der Waals surface area contributed by atoms with Gasteiger partial charge in [-0.15, -0.1) is 0 Å². The lowest BCUT2D eigenvalue weighted by atomic mass is 9.61. The third-order valence-corrected chi connectivity index (χ3v) is 5.48. The van der Waals surface area contributed by atoms with Crippen LogP contribution in [-0.2, 0) is 16.6 Å². The number of pyridine rings is 1. The second kappa shape index (κ2) is 6.03. The molecule has 0 saturated carbocycles. The van der Waals surface area contributed by atoms with Crippen molar-refractivity contribution in [1.82, 2.24) is 15.0 Å². The average molecular weight is 346 g/mol. The number of ketones is 1. The molecule has 2 aliphatic carbocycles. The van der Waals surface area contributed by atoms with Gasteiger partial charge in [0.2, 0.25) is 5.88 Å². The monoisotopic (exact) mass is 346 g/mol. The number of allylic oxidation sites excluding steroid dienone is 2. The highest BCUT2D eigenvalue weighted by atomic mass is 16.5. The van der Waals surface area contributed by atoms with Gasteiger partial charge in [0, 0.05) is 35.4 Å². The molecule has 6 heteroatoms. The van der Waals surface area contributed by atoms with E-state index in [2.05, 4.69) is 16.9 Å². The number of rotatable bonds is 2. The van der Waals surface area contributed by atoms with Crippen LogP contribution < -0.4 is 4.74 Å². The fraction of sp³-hybridized carbons (Fsp3) is 0.350. The van der Waals surface area contributed by atoms with Crippen LogP contribution in [0, 0.1) is 17.2 Å². The van der Waals surface area contributed by atoms with E-state index in [1.165, 1.54) is 0 Å². The van der Waals surface area contributed by atoms with E-state index in [1.807, 2.05) is 18.2 Å². The van der Waals surface area contributed by atoms with E-state index in [1.54, 1.807) is 25.6 Å². The Labute approximate surface area is 151 Å². The van der Waals surface area contributed by atoms with E-state index in [4.69, 9.17) is 9.72 Å². The van der Waals surface area contributed by atoms with Gasteiger partial charge in [0.25, 0.3) is 0 Å². The third-order valence-electron chi connectivity index (χ3n) is 5.48. The summed E-state index contributed by atoms with van der Waals surface area (Å²) in [6.45, 7) is 2.05. The summed E-state index contributed by atoms with van der Waals surface area (Å²) in [5.41, 5.74) is 2.34. The third kappa shape index (κ3) is 2.39. The molecular formula is C20H18N4O2. The molecule has 2 aromatic heterocycles. The Kier molecular flexibility index (Phi) is 3.80. The number of nitrogens with zero attached hydrogens (tertiary/aromatic N) is 4. The highest BCUT2D eigenvalue weighted by Crippen LogP contribution is 2.48. The summed E-state index contributed by atoms with van der Waals surface area (Å²) in [7, 11) is 1.60. The largest absolute Gasteiger partial charge is 0.481 e. The number of methoxy groups -OCH3 is 1. The molecule has 2 aliphatic rings. The highest BCUT2D eigenvalue weighted by molar-refractivity contribution is 6.00. The molecule has 0 saturated heterocycles. The van der Waals surface area contributed by atoms with E-state index >= 15 is 0 Å². The van der Waals surface area contributed by atoms with E-state index in [0.717, 1.165) is 29.7 Å². The molecule has 4 rings (SSSR count). The zero-order valence-corrected chi connectivity index (χ0v) is 14.7. The lowest BCUT2D eigenvalue weighted by Gasteiger charge is -2.42. The molecular weight excluding hydrogens is 328 g/mol. The van der Waals surface area contributed by atoms with Gasteiger partial charge in [-0.3, -0.25) is 9.78 Å². The fourth-order valence-corrected chi connectivity index (χ4v) is 4.05. The van der Waals surface area contributed by atoms with E-state index in [0.29, 0.717) is 18.1 Å². The molecule has 0 amide bonds. The topological polar surface area (TPSA) is 88.8 Å². The van der Waals surface area contributed by atoms with Crippen LogP contribution in [-0.4, -0.2) is 27.8 Å². The Morgan fingerprint density at radius 3 is 2.92 bits per heavy atom. The van der Waals surface area contributed by atoms with Crippen molar-refractivity contribution in [2.45, 2.75) is 31.6 Å². The zero-order valence-electron chi connectivity index (χ0n) is 14.7. The molecule has 0 aromatic carbocycles. The molecule has 0 bridgehead atoms. The summed E-state index contributed by atoms with van der Waals surface area (Å²) in [6.07, 6.45) is 7.19. The van der Waals surface area contributed by atoms with Crippen molar-refractivity contribution in [3.05, 3.63) is 47.4 Å². The molecule has 2 atom stereocenters. The molecule has 0 N–H and O–H groups in total. The second-order valence-corrected chi connectivity index (χ2v) is 6.94. The number of hydrogen-bond donors (Lipinski definition) is 0. The minimum absolute atomic E-state index is 0.0769. The number of Topliss-reactive ketones (excluding diaryl/α,β-unsaturated/α-hetero) is 1. The van der Waals surface area contributed by atoms with Gasteiger partial charge in [0.1, 0.15) is 6.07 Å². The van der Waals surface area contributed by atoms with Crippen molar-refractivity contribution in [2.75, 3.05) is 7.11 Å².